The number of nitrogens with one attached hydrogen (secondary N) is 4. The van der Waals surface area contributed by atoms with Crippen LogP contribution in [-0.4, -0.2) is 238 Å². The molecule has 12 aromatic heterocycles. The minimum absolute atomic E-state index is 0.00216. The van der Waals surface area contributed by atoms with E-state index in [0.717, 1.165) is 40.9 Å². The summed E-state index contributed by atoms with van der Waals surface area (Å²) in [5.74, 6) is -3.72. The van der Waals surface area contributed by atoms with Crippen molar-refractivity contribution in [1.82, 2.24) is 91.9 Å². The molecule has 6 unspecified atom stereocenters. The summed E-state index contributed by atoms with van der Waals surface area (Å²) in [5.41, 5.74) is 12.5. The predicted octanol–water partition coefficient (Wildman–Crippen LogP) is 13.0. The zero-order chi connectivity index (χ0) is 108. The summed E-state index contributed by atoms with van der Waals surface area (Å²) in [6.07, 6.45) is 9.66. The quantitative estimate of drug-likeness (QED) is 0.0653. The number of aromatic amines is 3. The van der Waals surface area contributed by atoms with Gasteiger partial charge in [0.25, 0.3) is 22.6 Å². The molecule has 15 aromatic rings. The average Bonchev–Trinajstić information content (AvgIpc) is 0.828. The molecular weight excluding hydrogens is 1920 g/mol. The lowest BCUT2D eigenvalue weighted by molar-refractivity contribution is -0.132. The fourth-order valence-electron chi connectivity index (χ4n) is 22.9. The predicted molar refractivity (Wildman–Crippen MR) is 579 cm³/mol. The zero-order valence-electron chi connectivity index (χ0n) is 87.8. The smallest absolute Gasteiger partial charge is 0.326 e. The Morgan fingerprint density at radius 1 is 0.427 bits per heavy atom. The van der Waals surface area contributed by atoms with E-state index < -0.39 is 46.6 Å². The molecule has 150 heavy (non-hydrogen) atoms. The highest BCUT2D eigenvalue weighted by molar-refractivity contribution is 6.14. The Bertz CT molecular complexity index is 8730. The number of pyridine rings is 9. The second-order valence-electron chi connectivity index (χ2n) is 41.4. The normalized spacial score (nSPS) is 17.5. The number of carbonyl (C=O) groups excluding carboxylic acids is 5. The van der Waals surface area contributed by atoms with E-state index in [9.17, 15) is 43.2 Å². The number of H-pyrrole nitrogens is 3. The number of aryl methyl sites for hydroxylation is 9. The molecule has 21 rings (SSSR count). The van der Waals surface area contributed by atoms with E-state index in [4.69, 9.17) is 19.9 Å². The highest BCUT2D eigenvalue weighted by Crippen LogP contribution is 2.50. The average molecular weight is 2040 g/mol. The van der Waals surface area contributed by atoms with Crippen LogP contribution in [0.3, 0.4) is 0 Å². The Morgan fingerprint density at radius 3 is 1.15 bits per heavy atom. The van der Waals surface area contributed by atoms with Crippen LogP contribution in [0.2, 0.25) is 0 Å². The van der Waals surface area contributed by atoms with Gasteiger partial charge in [-0.25, -0.2) is 42.5 Å². The van der Waals surface area contributed by atoms with Crippen LogP contribution in [0.4, 0.5) is 47.3 Å². The molecule has 6 atom stereocenters. The van der Waals surface area contributed by atoms with Gasteiger partial charge in [0.1, 0.15) is 63.7 Å². The van der Waals surface area contributed by atoms with E-state index >= 15 is 22.8 Å². The highest BCUT2D eigenvalue weighted by atomic mass is 19.1. The molecule has 0 bridgehead atoms. The number of fused-ring (bicyclic) bond motifs is 18. The van der Waals surface area contributed by atoms with E-state index in [0.29, 0.717) is 160 Å². The molecule has 39 heteroatoms. The van der Waals surface area contributed by atoms with Gasteiger partial charge in [-0.15, -0.1) is 0 Å². The van der Waals surface area contributed by atoms with E-state index in [1.165, 1.54) is 71.2 Å². The van der Waals surface area contributed by atoms with Crippen LogP contribution in [0.15, 0.2) is 158 Å². The molecule has 3 saturated heterocycles. The number of imidazole rings is 3. The van der Waals surface area contributed by atoms with Crippen LogP contribution in [-0.2, 0) is 45.1 Å². The van der Waals surface area contributed by atoms with Crippen molar-refractivity contribution in [2.75, 3.05) is 110 Å². The van der Waals surface area contributed by atoms with Gasteiger partial charge >= 0.3 is 17.1 Å². The second kappa shape index (κ2) is 38.7. The summed E-state index contributed by atoms with van der Waals surface area (Å²) in [6, 6.07) is 17.7. The molecule has 18 heterocycles. The van der Waals surface area contributed by atoms with Crippen molar-refractivity contribution in [3.05, 3.63) is 260 Å². The lowest BCUT2D eigenvalue weighted by atomic mass is 9.97. The van der Waals surface area contributed by atoms with E-state index in [1.54, 1.807) is 101 Å². The van der Waals surface area contributed by atoms with Crippen molar-refractivity contribution >= 4 is 130 Å². The topological polar surface area (TPSA) is 383 Å². The number of hydrogen-bond acceptors (Lipinski definition) is 22. The van der Waals surface area contributed by atoms with Crippen molar-refractivity contribution in [1.29, 1.82) is 0 Å². The third kappa shape index (κ3) is 16.5. The van der Waals surface area contributed by atoms with Crippen LogP contribution in [0.1, 0.15) is 137 Å². The molecule has 0 saturated carbocycles. The summed E-state index contributed by atoms with van der Waals surface area (Å²) >= 11 is 0. The summed E-state index contributed by atoms with van der Waals surface area (Å²) < 4.78 is 59.4. The first-order chi connectivity index (χ1) is 71.3. The Kier molecular flexibility index (Phi) is 26.3. The third-order valence-electron chi connectivity index (χ3n) is 30.3. The number of hydrogen-bond donors (Lipinski definition) is 4. The van der Waals surface area contributed by atoms with Gasteiger partial charge in [0.15, 0.2) is 16.9 Å². The fraction of sp³-hybridized carbons (Fsp3) is 0.360. The number of rotatable bonds is 16. The first-order valence-corrected chi connectivity index (χ1v) is 50.2. The van der Waals surface area contributed by atoms with Crippen molar-refractivity contribution in [3.8, 4) is 50.8 Å². The number of likely N-dealkylation sites (N-methyl/N-ethyl adjacent to an activating group) is 1. The van der Waals surface area contributed by atoms with Gasteiger partial charge < -0.3 is 64.4 Å². The first-order valence-electron chi connectivity index (χ1n) is 50.2. The molecule has 4 N–H and O–H groups in total. The van der Waals surface area contributed by atoms with Crippen LogP contribution in [0.25, 0.3) is 117 Å². The highest BCUT2D eigenvalue weighted by Gasteiger charge is 2.50. The lowest BCUT2D eigenvalue weighted by Crippen LogP contribution is -2.66. The van der Waals surface area contributed by atoms with Gasteiger partial charge in [0.05, 0.1) is 103 Å². The number of amides is 5. The lowest BCUT2D eigenvalue weighted by Gasteiger charge is -2.52. The van der Waals surface area contributed by atoms with E-state index in [-0.39, 0.29) is 154 Å². The van der Waals surface area contributed by atoms with Crippen molar-refractivity contribution in [3.63, 3.8) is 0 Å². The molecule has 0 aliphatic carbocycles. The molecule has 5 amide bonds. The van der Waals surface area contributed by atoms with Gasteiger partial charge in [-0.3, -0.25) is 80.7 Å². The van der Waals surface area contributed by atoms with Crippen LogP contribution >= 0.6 is 0 Å². The van der Waals surface area contributed by atoms with Crippen LogP contribution in [0.5, 0.6) is 0 Å². The van der Waals surface area contributed by atoms with E-state index in [2.05, 4.69) is 64.7 Å². The van der Waals surface area contributed by atoms with Gasteiger partial charge in [0, 0.05) is 137 Å². The maximum Gasteiger partial charge on any atom is 0.326 e. The Morgan fingerprint density at radius 2 is 0.773 bits per heavy atom. The molecule has 36 nitrogen and oxygen atoms in total. The Balaban J connectivity index is 0.000000141. The number of piperazine rings is 3. The van der Waals surface area contributed by atoms with Gasteiger partial charge in [-0.2, -0.15) is 0 Å². The van der Waals surface area contributed by atoms with Crippen LogP contribution < -0.4 is 63.6 Å². The second-order valence-corrected chi connectivity index (χ2v) is 41.4. The summed E-state index contributed by atoms with van der Waals surface area (Å²) in [6.45, 7) is 43.1. The standard InChI is InChI=1S/C40H48FN9O3.C36H37FN8O4.C35H35FN8O4/c1-10-30(51)48-21-26-20-47(17-11-16-45(7)8)37-35(49(26)19-25(48)6)27-18-28(41)33(31-23(4)12-13-29-36(31)46(9)40(53)43-29)44-38(27)50(39(37)52)34-24(5)14-15-42-32(34)22(2)3;1-9-25(46)43-16-24-34(47)41(7)32-30(44(24)15-20(43)6)21-14-22(37)28(26-18(4)10-11-23-31(26)42(8)36(49)39-23)40-33(21)45(35(32)48)29-19(5)12-13-38-27(29)17(2)3;1-8-24(45)42-15-23-33(46)40-28-30(43(23)14-19(42)6)20-13-21(36)27(25-17(4)9-10-22-31(25)41(7)35(48)38-22)39-32(20)44(34(28)47)29-18(5)11-12-37-26(29)16(2)3/h10,12-15,18,22,25-26H,1,11,16-17,19-21H2,2-9H3,(H,43,53);9-14,17,20,24H,1,15-16H2,2-8H3,(H,39,49);8-13,16,19,23H,1,14-15H2,2-7H3,(H,38,48)(H,40,46). The number of nitrogens with zero attached hydrogens (tertiary/aromatic N) is 21. The van der Waals surface area contributed by atoms with Gasteiger partial charge in [-0.1, -0.05) is 79.5 Å². The largest absolute Gasteiger partial charge is 0.363 e. The Labute approximate surface area is 860 Å². The Hall–Kier alpha value is -16.5. The van der Waals surface area contributed by atoms with E-state index in [1.807, 2.05) is 140 Å². The number of halogens is 3. The molecule has 0 spiro atoms. The molecule has 3 fully saturated rings. The van der Waals surface area contributed by atoms with Crippen molar-refractivity contribution in [2.45, 2.75) is 164 Å². The van der Waals surface area contributed by atoms with Crippen LogP contribution in [0, 0.1) is 59.0 Å². The third-order valence-corrected chi connectivity index (χ3v) is 30.3. The maximum absolute atomic E-state index is 17.1. The molecule has 6 aliphatic rings. The first kappa shape index (κ1) is 102. The van der Waals surface area contributed by atoms with Crippen molar-refractivity contribution < 1.29 is 37.1 Å². The minimum Gasteiger partial charge on any atom is -0.363 e. The molecule has 6 aliphatic heterocycles. The van der Waals surface area contributed by atoms with Gasteiger partial charge in [0.2, 0.25) is 23.6 Å². The number of anilines is 6. The molecule has 776 valence electrons. The number of benzene rings is 3. The molecule has 0 radical (unpaired) electrons. The molecule has 3 aromatic carbocycles. The summed E-state index contributed by atoms with van der Waals surface area (Å²) in [5, 5.41) is 3.92. The minimum atomic E-state index is -0.837. The molecular formula is C111H120F3N25O11. The number of aromatic nitrogens is 15. The maximum atomic E-state index is 17.1. The fourth-order valence-corrected chi connectivity index (χ4v) is 22.9. The zero-order valence-corrected chi connectivity index (χ0v) is 87.8. The number of carbonyl (C=O) groups is 5. The summed E-state index contributed by atoms with van der Waals surface area (Å²) in [7, 11) is 10.4. The monoisotopic (exact) mass is 2040 g/mol. The SMILES string of the molecule is C=CC(=O)N1CC2C(=O)N(C)c3c(c4cc(F)c(-c5c(C)ccc6[nH]c(=O)n(C)c56)nc4n(-c4c(C)ccnc4C(C)C)c3=O)N2CC1C.C=CC(=O)N1CC2C(=O)Nc3c(c4cc(F)c(-c5c(C)ccc6[nH]c(=O)n(C)c56)nc4n(-c4c(C)ccnc4C(C)C)c3=O)N2CC1C.C=CC(=O)N1CC2CN(CCCN(C)C)c3c(c4cc(F)c(-c5c(C)ccc6[nH]c(=O)n(C)c56)nc4n(-c4c(C)ccnc4C(C)C)c3=O)N2CC1C. The van der Waals surface area contributed by atoms with Gasteiger partial charge in [-0.05, 0) is 213 Å². The van der Waals surface area contributed by atoms with Crippen molar-refractivity contribution in [2.24, 2.45) is 21.1 Å². The summed E-state index contributed by atoms with van der Waals surface area (Å²) in [4.78, 5) is 203.